The van der Waals surface area contributed by atoms with Crippen LogP contribution in [0.5, 0.6) is 5.75 Å². The quantitative estimate of drug-likeness (QED) is 0.651. The number of fused-ring (bicyclic) bond motifs is 1. The molecule has 1 aliphatic heterocycles. The van der Waals surface area contributed by atoms with Crippen molar-refractivity contribution in [2.24, 2.45) is 0 Å². The van der Waals surface area contributed by atoms with Crippen molar-refractivity contribution in [3.8, 4) is 5.75 Å². The highest BCUT2D eigenvalue weighted by molar-refractivity contribution is 5.39. The lowest BCUT2D eigenvalue weighted by Crippen LogP contribution is -2.43. The monoisotopic (exact) mass is 307 g/mol. The van der Waals surface area contributed by atoms with Gasteiger partial charge in [-0.1, -0.05) is 40.0 Å². The fourth-order valence-electron chi connectivity index (χ4n) is 3.33. The van der Waals surface area contributed by atoms with Crippen molar-refractivity contribution in [2.75, 3.05) is 6.54 Å². The van der Waals surface area contributed by atoms with Crippen molar-refractivity contribution in [1.82, 2.24) is 5.32 Å². The van der Waals surface area contributed by atoms with E-state index < -0.39 is 0 Å². The molecule has 2 rings (SSSR count). The number of hydrogen-bond donors (Lipinski definition) is 1. The van der Waals surface area contributed by atoms with Crippen LogP contribution in [0.25, 0.3) is 0 Å². The molecule has 1 unspecified atom stereocenters. The maximum Gasteiger partial charge on any atom is 0.125 e. The van der Waals surface area contributed by atoms with Crippen molar-refractivity contribution in [1.29, 1.82) is 0 Å². The predicted molar refractivity (Wildman–Crippen MR) is 89.8 cm³/mol. The second-order valence-electron chi connectivity index (χ2n) is 6.45. The third-order valence-corrected chi connectivity index (χ3v) is 4.96. The number of benzene rings is 1. The fraction of sp³-hybridized carbons (Fsp3) is 0.684. The minimum absolute atomic E-state index is 0.119. The Morgan fingerprint density at radius 3 is 2.64 bits per heavy atom. The first-order valence-corrected chi connectivity index (χ1v) is 8.86. The summed E-state index contributed by atoms with van der Waals surface area (Å²) in [6.45, 7) is 7.57. The van der Waals surface area contributed by atoms with Gasteiger partial charge in [0.1, 0.15) is 17.2 Å². The zero-order chi connectivity index (χ0) is 16.0. The lowest BCUT2D eigenvalue weighted by molar-refractivity contribution is 0.0226. The molecule has 0 saturated heterocycles. The van der Waals surface area contributed by atoms with Gasteiger partial charge in [0.05, 0.1) is 0 Å². The molecule has 2 nitrogen and oxygen atoms in total. The molecule has 124 valence electrons. The molecule has 0 saturated carbocycles. The SMILES string of the molecule is CCCCCCNC1CC(CC)(CC)Oc2ccc(F)cc21. The van der Waals surface area contributed by atoms with Gasteiger partial charge in [-0.05, 0) is 44.0 Å². The zero-order valence-corrected chi connectivity index (χ0v) is 14.3. The predicted octanol–water partition coefficient (Wildman–Crippen LogP) is 5.38. The van der Waals surface area contributed by atoms with E-state index in [9.17, 15) is 4.39 Å². The molecule has 0 amide bonds. The molecule has 0 fully saturated rings. The molecule has 22 heavy (non-hydrogen) atoms. The first-order valence-electron chi connectivity index (χ1n) is 8.86. The summed E-state index contributed by atoms with van der Waals surface area (Å²) in [6, 6.07) is 5.11. The van der Waals surface area contributed by atoms with Crippen LogP contribution in [-0.2, 0) is 0 Å². The van der Waals surface area contributed by atoms with Gasteiger partial charge in [-0.2, -0.15) is 0 Å². The molecule has 1 atom stereocenters. The molecular weight excluding hydrogens is 277 g/mol. The highest BCUT2D eigenvalue weighted by Crippen LogP contribution is 2.42. The maximum absolute atomic E-state index is 13.6. The fourth-order valence-corrected chi connectivity index (χ4v) is 3.33. The molecule has 3 heteroatoms. The maximum atomic E-state index is 13.6. The van der Waals surface area contributed by atoms with Crippen LogP contribution in [0.1, 0.15) is 77.3 Å². The largest absolute Gasteiger partial charge is 0.487 e. The van der Waals surface area contributed by atoms with E-state index in [0.717, 1.165) is 37.1 Å². The summed E-state index contributed by atoms with van der Waals surface area (Å²) in [5.74, 6) is 0.669. The van der Waals surface area contributed by atoms with Crippen LogP contribution < -0.4 is 10.1 Å². The van der Waals surface area contributed by atoms with E-state index in [1.807, 2.05) is 0 Å². The van der Waals surface area contributed by atoms with Gasteiger partial charge < -0.3 is 10.1 Å². The second-order valence-corrected chi connectivity index (χ2v) is 6.45. The molecule has 1 aliphatic rings. The van der Waals surface area contributed by atoms with Crippen molar-refractivity contribution in [3.05, 3.63) is 29.6 Å². The van der Waals surface area contributed by atoms with Gasteiger partial charge in [-0.3, -0.25) is 0 Å². The van der Waals surface area contributed by atoms with Crippen LogP contribution >= 0.6 is 0 Å². The van der Waals surface area contributed by atoms with E-state index in [1.165, 1.54) is 31.7 Å². The smallest absolute Gasteiger partial charge is 0.125 e. The van der Waals surface area contributed by atoms with Crippen LogP contribution in [0.3, 0.4) is 0 Å². The average Bonchev–Trinajstić information content (AvgIpc) is 2.54. The van der Waals surface area contributed by atoms with Crippen molar-refractivity contribution < 1.29 is 9.13 Å². The van der Waals surface area contributed by atoms with E-state index in [4.69, 9.17) is 4.74 Å². The summed E-state index contributed by atoms with van der Waals surface area (Å²) in [5.41, 5.74) is 0.861. The molecule has 0 aromatic heterocycles. The van der Waals surface area contributed by atoms with E-state index >= 15 is 0 Å². The summed E-state index contributed by atoms with van der Waals surface area (Å²) in [6.07, 6.45) is 7.86. The van der Waals surface area contributed by atoms with Gasteiger partial charge >= 0.3 is 0 Å². The number of halogens is 1. The van der Waals surface area contributed by atoms with E-state index in [-0.39, 0.29) is 17.5 Å². The standard InChI is InChI=1S/C19H30FNO/c1-4-7-8-9-12-21-17-14-19(5-2,6-3)22-18-11-10-15(20)13-16(17)18/h10-11,13,17,21H,4-9,12,14H2,1-3H3. The van der Waals surface area contributed by atoms with Gasteiger partial charge in [-0.15, -0.1) is 0 Å². The lowest BCUT2D eigenvalue weighted by Gasteiger charge is -2.42. The number of unbranched alkanes of at least 4 members (excludes halogenated alkanes) is 3. The molecule has 0 radical (unpaired) electrons. The summed E-state index contributed by atoms with van der Waals surface area (Å²) >= 11 is 0. The van der Waals surface area contributed by atoms with E-state index in [1.54, 1.807) is 12.1 Å². The number of rotatable bonds is 8. The van der Waals surface area contributed by atoms with E-state index in [2.05, 4.69) is 26.1 Å². The highest BCUT2D eigenvalue weighted by Gasteiger charge is 2.38. The Morgan fingerprint density at radius 2 is 1.95 bits per heavy atom. The molecule has 1 aromatic rings. The van der Waals surface area contributed by atoms with Crippen LogP contribution in [0.15, 0.2) is 18.2 Å². The number of nitrogens with one attached hydrogen (secondary N) is 1. The van der Waals surface area contributed by atoms with E-state index in [0.29, 0.717) is 0 Å². The van der Waals surface area contributed by atoms with Gasteiger partial charge in [0.15, 0.2) is 0 Å². The van der Waals surface area contributed by atoms with Crippen LogP contribution in [-0.4, -0.2) is 12.1 Å². The minimum Gasteiger partial charge on any atom is -0.487 e. The molecular formula is C19H30FNO. The van der Waals surface area contributed by atoms with Crippen molar-refractivity contribution in [3.63, 3.8) is 0 Å². The van der Waals surface area contributed by atoms with Crippen LogP contribution in [0.4, 0.5) is 4.39 Å². The van der Waals surface area contributed by atoms with Gasteiger partial charge in [0, 0.05) is 18.0 Å². The molecule has 0 aliphatic carbocycles. The first kappa shape index (κ1) is 17.3. The first-order chi connectivity index (χ1) is 10.6. The van der Waals surface area contributed by atoms with Crippen LogP contribution in [0.2, 0.25) is 0 Å². The minimum atomic E-state index is -0.180. The molecule has 1 aromatic carbocycles. The molecule has 1 N–H and O–H groups in total. The van der Waals surface area contributed by atoms with Crippen molar-refractivity contribution >= 4 is 0 Å². The number of ether oxygens (including phenoxy) is 1. The Hall–Kier alpha value is -1.09. The normalized spacial score (nSPS) is 19.5. The van der Waals surface area contributed by atoms with Crippen LogP contribution in [0, 0.1) is 5.82 Å². The van der Waals surface area contributed by atoms with Gasteiger partial charge in [0.2, 0.25) is 0 Å². The molecule has 0 spiro atoms. The summed E-state index contributed by atoms with van der Waals surface area (Å²) in [5, 5.41) is 3.64. The summed E-state index contributed by atoms with van der Waals surface area (Å²) in [7, 11) is 0. The Labute approximate surface area is 134 Å². The summed E-state index contributed by atoms with van der Waals surface area (Å²) in [4.78, 5) is 0. The highest BCUT2D eigenvalue weighted by atomic mass is 19.1. The second kappa shape index (κ2) is 7.96. The summed E-state index contributed by atoms with van der Waals surface area (Å²) < 4.78 is 19.9. The lowest BCUT2D eigenvalue weighted by atomic mass is 9.83. The Balaban J connectivity index is 2.11. The average molecular weight is 307 g/mol. The number of hydrogen-bond acceptors (Lipinski definition) is 2. The molecule has 0 bridgehead atoms. The van der Waals surface area contributed by atoms with Crippen molar-refractivity contribution in [2.45, 2.75) is 77.4 Å². The molecule has 1 heterocycles. The third-order valence-electron chi connectivity index (χ3n) is 4.96. The third kappa shape index (κ3) is 4.01. The Kier molecular flexibility index (Phi) is 6.25. The topological polar surface area (TPSA) is 21.3 Å². The Bertz CT molecular complexity index is 471. The Morgan fingerprint density at radius 1 is 1.18 bits per heavy atom. The van der Waals surface area contributed by atoms with Gasteiger partial charge in [-0.25, -0.2) is 4.39 Å². The zero-order valence-electron chi connectivity index (χ0n) is 14.3. The van der Waals surface area contributed by atoms with Gasteiger partial charge in [0.25, 0.3) is 0 Å².